The molecule has 280 valence electrons. The van der Waals surface area contributed by atoms with Gasteiger partial charge in [-0.05, 0) is 38.5 Å². The van der Waals surface area contributed by atoms with Crippen LogP contribution in [0.2, 0.25) is 0 Å². The van der Waals surface area contributed by atoms with Gasteiger partial charge >= 0.3 is 0 Å². The van der Waals surface area contributed by atoms with Gasteiger partial charge in [-0.1, -0.05) is 220 Å². The Morgan fingerprint density at radius 2 is 0.348 bits per heavy atom. The molecular weight excluding hydrogens is 622 g/mol. The summed E-state index contributed by atoms with van der Waals surface area (Å²) in [5.41, 5.74) is 0. The summed E-state index contributed by atoms with van der Waals surface area (Å²) in [4.78, 5) is 0. The van der Waals surface area contributed by atoms with E-state index < -0.39 is 0 Å². The zero-order valence-electron chi connectivity index (χ0n) is 33.1. The summed E-state index contributed by atoms with van der Waals surface area (Å²) in [6, 6.07) is 0. The molecule has 0 aromatic carbocycles. The van der Waals surface area contributed by atoms with Crippen molar-refractivity contribution in [1.29, 1.82) is 0 Å². The monoisotopic (exact) mass is 714 g/mol. The molecule has 0 saturated heterocycles. The molecule has 1 nitrogen and oxygen atoms in total. The van der Waals surface area contributed by atoms with Crippen molar-refractivity contribution in [1.82, 2.24) is 0 Å². The standard InChI is InChI=1S/C44H92N.BrH/c1-5-9-13-15-17-19-21-23-25-26-27-28-30-32-34-36-38-40-44-45(41-11-7-3,42-12-8-4)43-39-37-35-33-31-29-24-22-20-18-16-14-10-6-2;/h5-44H2,1-4H3;1H/q+1;/p-1. The third-order valence-electron chi connectivity index (χ3n) is 10.9. The van der Waals surface area contributed by atoms with Gasteiger partial charge in [0.05, 0.1) is 26.2 Å². The molecule has 0 aromatic heterocycles. The molecule has 0 heterocycles. The molecule has 0 atom stereocenters. The highest BCUT2D eigenvalue weighted by atomic mass is 79.9. The molecule has 0 spiro atoms. The van der Waals surface area contributed by atoms with Crippen LogP contribution in [0.4, 0.5) is 0 Å². The lowest BCUT2D eigenvalue weighted by Crippen LogP contribution is -3.00. The number of hydrogen-bond donors (Lipinski definition) is 0. The fourth-order valence-electron chi connectivity index (χ4n) is 7.65. The SMILES string of the molecule is CCCCCCCCCCCCCCCCCCCC[N+](CCCC)(CCCC)CCCCCCCCCCCCCCCC.[Br-]. The zero-order valence-corrected chi connectivity index (χ0v) is 34.7. The van der Waals surface area contributed by atoms with Gasteiger partial charge in [0.1, 0.15) is 0 Å². The highest BCUT2D eigenvalue weighted by Gasteiger charge is 2.25. The fraction of sp³-hybridized carbons (Fsp3) is 1.00. The van der Waals surface area contributed by atoms with Crippen LogP contribution in [0.1, 0.15) is 259 Å². The van der Waals surface area contributed by atoms with E-state index in [1.807, 2.05) is 0 Å². The lowest BCUT2D eigenvalue weighted by Gasteiger charge is -2.39. The van der Waals surface area contributed by atoms with E-state index in [0.717, 1.165) is 0 Å². The van der Waals surface area contributed by atoms with E-state index in [-0.39, 0.29) is 17.0 Å². The first-order valence-electron chi connectivity index (χ1n) is 22.1. The van der Waals surface area contributed by atoms with Crippen molar-refractivity contribution in [2.75, 3.05) is 26.2 Å². The van der Waals surface area contributed by atoms with Gasteiger partial charge in [0.25, 0.3) is 0 Å². The van der Waals surface area contributed by atoms with Crippen LogP contribution in [0.5, 0.6) is 0 Å². The van der Waals surface area contributed by atoms with Crippen LogP contribution in [-0.4, -0.2) is 30.7 Å². The minimum atomic E-state index is 0. The molecule has 0 saturated carbocycles. The Balaban J connectivity index is 0. The van der Waals surface area contributed by atoms with Gasteiger partial charge in [0, 0.05) is 0 Å². The Hall–Kier alpha value is 0.440. The lowest BCUT2D eigenvalue weighted by atomic mass is 10.0. The third kappa shape index (κ3) is 35.7. The fourth-order valence-corrected chi connectivity index (χ4v) is 7.65. The number of halogens is 1. The Kier molecular flexibility index (Phi) is 43.9. The van der Waals surface area contributed by atoms with E-state index in [4.69, 9.17) is 0 Å². The highest BCUT2D eigenvalue weighted by Crippen LogP contribution is 2.20. The molecular formula is C44H92BrN. The van der Waals surface area contributed by atoms with E-state index in [9.17, 15) is 0 Å². The van der Waals surface area contributed by atoms with E-state index >= 15 is 0 Å². The molecule has 0 unspecified atom stereocenters. The summed E-state index contributed by atoms with van der Waals surface area (Å²) in [5, 5.41) is 0. The molecule has 0 aliphatic rings. The molecule has 0 aliphatic heterocycles. The maximum atomic E-state index is 2.40. The molecule has 2 heteroatoms. The second-order valence-electron chi connectivity index (χ2n) is 15.5. The molecule has 0 radical (unpaired) electrons. The molecule has 0 aromatic rings. The van der Waals surface area contributed by atoms with E-state index in [1.165, 1.54) is 262 Å². The Bertz CT molecular complexity index is 512. The molecule has 0 N–H and O–H groups in total. The lowest BCUT2D eigenvalue weighted by molar-refractivity contribution is -0.929. The van der Waals surface area contributed by atoms with Crippen molar-refractivity contribution in [3.05, 3.63) is 0 Å². The summed E-state index contributed by atoms with van der Waals surface area (Å²) >= 11 is 0. The van der Waals surface area contributed by atoms with Crippen molar-refractivity contribution in [3.8, 4) is 0 Å². The predicted molar refractivity (Wildman–Crippen MR) is 209 cm³/mol. The Morgan fingerprint density at radius 1 is 0.196 bits per heavy atom. The Morgan fingerprint density at radius 3 is 0.543 bits per heavy atom. The number of hydrogen-bond acceptors (Lipinski definition) is 0. The third-order valence-corrected chi connectivity index (χ3v) is 10.9. The second kappa shape index (κ2) is 41.6. The van der Waals surface area contributed by atoms with Gasteiger partial charge < -0.3 is 21.5 Å². The van der Waals surface area contributed by atoms with Gasteiger partial charge in [-0.25, -0.2) is 0 Å². The maximum Gasteiger partial charge on any atom is 0.0786 e. The van der Waals surface area contributed by atoms with Crippen molar-refractivity contribution in [2.45, 2.75) is 259 Å². The van der Waals surface area contributed by atoms with Crippen LogP contribution in [-0.2, 0) is 0 Å². The van der Waals surface area contributed by atoms with Crippen LogP contribution in [0.15, 0.2) is 0 Å². The van der Waals surface area contributed by atoms with E-state index in [0.29, 0.717) is 0 Å². The summed E-state index contributed by atoms with van der Waals surface area (Å²) in [7, 11) is 0. The van der Waals surface area contributed by atoms with E-state index in [1.54, 1.807) is 0 Å². The summed E-state index contributed by atoms with van der Waals surface area (Å²) in [6.07, 6.45) is 52.8. The quantitative estimate of drug-likeness (QED) is 0.0438. The van der Waals surface area contributed by atoms with Crippen LogP contribution in [0, 0.1) is 0 Å². The average Bonchev–Trinajstić information content (AvgIpc) is 3.05. The number of rotatable bonds is 40. The minimum Gasteiger partial charge on any atom is -1.00 e. The van der Waals surface area contributed by atoms with Crippen molar-refractivity contribution in [3.63, 3.8) is 0 Å². The smallest absolute Gasteiger partial charge is 0.0786 e. The van der Waals surface area contributed by atoms with Crippen molar-refractivity contribution >= 4 is 0 Å². The molecule has 46 heavy (non-hydrogen) atoms. The first-order chi connectivity index (χ1) is 22.2. The first-order valence-corrected chi connectivity index (χ1v) is 22.1. The van der Waals surface area contributed by atoms with Gasteiger partial charge in [-0.3, -0.25) is 0 Å². The minimum absolute atomic E-state index is 0. The zero-order chi connectivity index (χ0) is 32.8. The average molecular weight is 715 g/mol. The van der Waals surface area contributed by atoms with Crippen LogP contribution in [0.3, 0.4) is 0 Å². The topological polar surface area (TPSA) is 0 Å². The van der Waals surface area contributed by atoms with E-state index in [2.05, 4.69) is 27.7 Å². The van der Waals surface area contributed by atoms with Gasteiger partial charge in [0.15, 0.2) is 0 Å². The summed E-state index contributed by atoms with van der Waals surface area (Å²) < 4.78 is 1.46. The number of unbranched alkanes of at least 4 members (excludes halogenated alkanes) is 32. The normalized spacial score (nSPS) is 11.7. The van der Waals surface area contributed by atoms with Crippen LogP contribution < -0.4 is 17.0 Å². The summed E-state index contributed by atoms with van der Waals surface area (Å²) in [6.45, 7) is 15.3. The van der Waals surface area contributed by atoms with Crippen LogP contribution in [0.25, 0.3) is 0 Å². The van der Waals surface area contributed by atoms with Crippen molar-refractivity contribution < 1.29 is 21.5 Å². The van der Waals surface area contributed by atoms with Gasteiger partial charge in [-0.15, -0.1) is 0 Å². The number of nitrogens with zero attached hydrogens (tertiary/aromatic N) is 1. The number of quaternary nitrogens is 1. The molecule has 0 bridgehead atoms. The van der Waals surface area contributed by atoms with Gasteiger partial charge in [0.2, 0.25) is 0 Å². The molecule has 0 rings (SSSR count). The summed E-state index contributed by atoms with van der Waals surface area (Å²) in [5.74, 6) is 0. The molecule has 0 fully saturated rings. The van der Waals surface area contributed by atoms with Gasteiger partial charge in [-0.2, -0.15) is 0 Å². The maximum absolute atomic E-state index is 2.40. The molecule has 0 amide bonds. The molecule has 0 aliphatic carbocycles. The predicted octanol–water partition coefficient (Wildman–Crippen LogP) is 12.9. The highest BCUT2D eigenvalue weighted by molar-refractivity contribution is 4.55. The second-order valence-corrected chi connectivity index (χ2v) is 15.5. The largest absolute Gasteiger partial charge is 1.00 e. The Labute approximate surface area is 305 Å². The van der Waals surface area contributed by atoms with Crippen molar-refractivity contribution in [2.24, 2.45) is 0 Å². The van der Waals surface area contributed by atoms with Crippen LogP contribution >= 0.6 is 0 Å². The first kappa shape index (κ1) is 48.6.